The third-order valence-electron chi connectivity index (χ3n) is 4.86. The summed E-state index contributed by atoms with van der Waals surface area (Å²) in [6.07, 6.45) is 2.38. The number of carbonyl (C=O) groups excluding carboxylic acids is 1. The molecule has 0 saturated carbocycles. The summed E-state index contributed by atoms with van der Waals surface area (Å²) in [6, 6.07) is 19.8. The summed E-state index contributed by atoms with van der Waals surface area (Å²) in [7, 11) is 0. The monoisotopic (exact) mass is 416 g/mol. The predicted molar refractivity (Wildman–Crippen MR) is 118 cm³/mol. The molecular formula is C24H24N4O3. The summed E-state index contributed by atoms with van der Waals surface area (Å²) in [5.41, 5.74) is 3.06. The van der Waals surface area contributed by atoms with Crippen LogP contribution in [0.4, 0.5) is 0 Å². The molecule has 4 aromatic rings. The largest absolute Gasteiger partial charge is 0.467 e. The van der Waals surface area contributed by atoms with Gasteiger partial charge in [0.2, 0.25) is 5.88 Å². The number of amides is 1. The van der Waals surface area contributed by atoms with Crippen LogP contribution in [0.15, 0.2) is 65.2 Å². The Morgan fingerprint density at radius 1 is 1.03 bits per heavy atom. The van der Waals surface area contributed by atoms with Gasteiger partial charge in [-0.3, -0.25) is 4.79 Å². The lowest BCUT2D eigenvalue weighted by molar-refractivity contribution is -0.123. The molecule has 0 fully saturated rings. The Balaban J connectivity index is 1.42. The molecule has 158 valence electrons. The van der Waals surface area contributed by atoms with Crippen LogP contribution in [0, 0.1) is 0 Å². The fraction of sp³-hybridized carbons (Fsp3) is 0.250. The van der Waals surface area contributed by atoms with Crippen LogP contribution in [0.1, 0.15) is 24.7 Å². The fourth-order valence-electron chi connectivity index (χ4n) is 3.27. The van der Waals surface area contributed by atoms with Gasteiger partial charge in [0.25, 0.3) is 11.6 Å². The van der Waals surface area contributed by atoms with Crippen LogP contribution in [0.3, 0.4) is 0 Å². The average molecular weight is 416 g/mol. The van der Waals surface area contributed by atoms with E-state index in [1.165, 1.54) is 5.56 Å². The number of rotatable bonds is 9. The van der Waals surface area contributed by atoms with Crippen LogP contribution < -0.4 is 10.1 Å². The Kier molecular flexibility index (Phi) is 6.52. The van der Waals surface area contributed by atoms with Crippen LogP contribution in [-0.2, 0) is 17.6 Å². The first-order valence-corrected chi connectivity index (χ1v) is 10.4. The van der Waals surface area contributed by atoms with Gasteiger partial charge in [-0.2, -0.15) is 9.97 Å². The van der Waals surface area contributed by atoms with E-state index in [9.17, 15) is 4.79 Å². The molecule has 2 aromatic carbocycles. The first-order chi connectivity index (χ1) is 15.2. The first kappa shape index (κ1) is 20.5. The number of ether oxygens (including phenoxy) is 1. The zero-order chi connectivity index (χ0) is 21.5. The van der Waals surface area contributed by atoms with E-state index in [2.05, 4.69) is 32.6 Å². The second-order valence-electron chi connectivity index (χ2n) is 7.10. The smallest absolute Gasteiger partial charge is 0.265 e. The summed E-state index contributed by atoms with van der Waals surface area (Å²) < 4.78 is 11.2. The number of nitrogens with one attached hydrogen (secondary N) is 1. The zero-order valence-corrected chi connectivity index (χ0v) is 17.4. The molecule has 0 spiro atoms. The van der Waals surface area contributed by atoms with Crippen molar-refractivity contribution in [2.24, 2.45) is 0 Å². The molecule has 0 radical (unpaired) electrons. The maximum atomic E-state index is 12.3. The molecular weight excluding hydrogens is 392 g/mol. The Labute approximate surface area is 180 Å². The van der Waals surface area contributed by atoms with Crippen LogP contribution in [-0.4, -0.2) is 34.2 Å². The van der Waals surface area contributed by atoms with E-state index in [-0.39, 0.29) is 12.5 Å². The van der Waals surface area contributed by atoms with Gasteiger partial charge in [0, 0.05) is 18.5 Å². The molecule has 31 heavy (non-hydrogen) atoms. The maximum Gasteiger partial charge on any atom is 0.265 e. The first-order valence-electron chi connectivity index (χ1n) is 10.4. The van der Waals surface area contributed by atoms with E-state index >= 15 is 0 Å². The molecule has 0 aliphatic rings. The highest BCUT2D eigenvalue weighted by atomic mass is 16.5. The Hall–Kier alpha value is -3.74. The second kappa shape index (κ2) is 9.84. The van der Waals surface area contributed by atoms with E-state index in [4.69, 9.17) is 9.26 Å². The summed E-state index contributed by atoms with van der Waals surface area (Å²) in [5, 5.41) is 7.62. The van der Waals surface area contributed by atoms with E-state index in [0.29, 0.717) is 41.5 Å². The number of fused-ring (bicyclic) bond motifs is 1. The van der Waals surface area contributed by atoms with Crippen molar-refractivity contribution in [3.05, 3.63) is 72.1 Å². The molecule has 0 aliphatic carbocycles. The molecule has 0 unspecified atom stereocenters. The minimum atomic E-state index is -0.199. The van der Waals surface area contributed by atoms with E-state index in [0.717, 1.165) is 18.4 Å². The van der Waals surface area contributed by atoms with Crippen LogP contribution >= 0.6 is 0 Å². The molecule has 1 N–H and O–H groups in total. The standard InChI is InChI=1S/C24H24N4O3/c1-2-19-26-23(21-22(28-31-24(21)27-19)18-13-7-4-8-14-18)30-16-20(29)25-15-9-12-17-10-5-3-6-11-17/h3-8,10-11,13-14H,2,9,12,15-16H2,1H3,(H,25,29). The third kappa shape index (κ3) is 5.06. The molecule has 7 nitrogen and oxygen atoms in total. The van der Waals surface area contributed by atoms with Crippen molar-refractivity contribution in [2.75, 3.05) is 13.2 Å². The quantitative estimate of drug-likeness (QED) is 0.415. The summed E-state index contributed by atoms with van der Waals surface area (Å²) in [4.78, 5) is 21.2. The lowest BCUT2D eigenvalue weighted by Crippen LogP contribution is -2.30. The molecule has 2 heterocycles. The Morgan fingerprint density at radius 3 is 2.52 bits per heavy atom. The highest BCUT2D eigenvalue weighted by molar-refractivity contribution is 5.93. The molecule has 0 saturated heterocycles. The van der Waals surface area contributed by atoms with Crippen molar-refractivity contribution < 1.29 is 14.1 Å². The molecule has 1 amide bonds. The minimum Gasteiger partial charge on any atom is -0.467 e. The van der Waals surface area contributed by atoms with Crippen LogP contribution in [0.5, 0.6) is 5.88 Å². The number of aromatic nitrogens is 3. The predicted octanol–water partition coefficient (Wildman–Crippen LogP) is 3.98. The summed E-state index contributed by atoms with van der Waals surface area (Å²) in [6.45, 7) is 2.39. The summed E-state index contributed by atoms with van der Waals surface area (Å²) >= 11 is 0. The number of benzene rings is 2. The molecule has 0 atom stereocenters. The fourth-order valence-corrected chi connectivity index (χ4v) is 3.27. The molecule has 2 aromatic heterocycles. The highest BCUT2D eigenvalue weighted by Crippen LogP contribution is 2.33. The van der Waals surface area contributed by atoms with Crippen molar-refractivity contribution >= 4 is 17.0 Å². The van der Waals surface area contributed by atoms with Gasteiger partial charge in [-0.1, -0.05) is 72.7 Å². The Morgan fingerprint density at radius 2 is 1.77 bits per heavy atom. The van der Waals surface area contributed by atoms with Gasteiger partial charge in [-0.15, -0.1) is 0 Å². The van der Waals surface area contributed by atoms with E-state index in [1.807, 2.05) is 55.5 Å². The van der Waals surface area contributed by atoms with Gasteiger partial charge in [0.05, 0.1) is 0 Å². The van der Waals surface area contributed by atoms with Crippen LogP contribution in [0.25, 0.3) is 22.4 Å². The molecule has 7 heteroatoms. The number of hydrogen-bond donors (Lipinski definition) is 1. The SMILES string of the molecule is CCc1nc(OCC(=O)NCCCc2ccccc2)c2c(-c3ccccc3)noc2n1. The third-order valence-corrected chi connectivity index (χ3v) is 4.86. The topological polar surface area (TPSA) is 90.1 Å². The second-order valence-corrected chi connectivity index (χ2v) is 7.10. The number of nitrogens with zero attached hydrogens (tertiary/aromatic N) is 3. The van der Waals surface area contributed by atoms with E-state index in [1.54, 1.807) is 0 Å². The van der Waals surface area contributed by atoms with Crippen molar-refractivity contribution in [2.45, 2.75) is 26.2 Å². The van der Waals surface area contributed by atoms with Crippen molar-refractivity contribution in [3.63, 3.8) is 0 Å². The number of aryl methyl sites for hydroxylation is 2. The summed E-state index contributed by atoms with van der Waals surface area (Å²) in [5.74, 6) is 0.679. The van der Waals surface area contributed by atoms with Gasteiger partial charge in [0.15, 0.2) is 6.61 Å². The van der Waals surface area contributed by atoms with Gasteiger partial charge in [-0.05, 0) is 18.4 Å². The lowest BCUT2D eigenvalue weighted by atomic mass is 10.1. The average Bonchev–Trinajstić information content (AvgIpc) is 3.25. The molecule has 4 rings (SSSR count). The van der Waals surface area contributed by atoms with Crippen molar-refractivity contribution in [3.8, 4) is 17.1 Å². The number of carbonyl (C=O) groups is 1. The van der Waals surface area contributed by atoms with Gasteiger partial charge < -0.3 is 14.6 Å². The maximum absolute atomic E-state index is 12.3. The van der Waals surface area contributed by atoms with Gasteiger partial charge in [0.1, 0.15) is 16.9 Å². The number of hydrogen-bond acceptors (Lipinski definition) is 6. The van der Waals surface area contributed by atoms with Gasteiger partial charge >= 0.3 is 0 Å². The zero-order valence-electron chi connectivity index (χ0n) is 17.4. The molecule has 0 aliphatic heterocycles. The van der Waals surface area contributed by atoms with Crippen LogP contribution in [0.2, 0.25) is 0 Å². The highest BCUT2D eigenvalue weighted by Gasteiger charge is 2.20. The lowest BCUT2D eigenvalue weighted by Gasteiger charge is -2.09. The minimum absolute atomic E-state index is 0.139. The van der Waals surface area contributed by atoms with Gasteiger partial charge in [-0.25, -0.2) is 0 Å². The Bertz CT molecular complexity index is 1140. The normalized spacial score (nSPS) is 10.9. The van der Waals surface area contributed by atoms with Crippen molar-refractivity contribution in [1.82, 2.24) is 20.4 Å². The molecule has 0 bridgehead atoms. The van der Waals surface area contributed by atoms with E-state index < -0.39 is 0 Å². The van der Waals surface area contributed by atoms with Crippen molar-refractivity contribution in [1.29, 1.82) is 0 Å².